The van der Waals surface area contributed by atoms with Crippen LogP contribution in [0.15, 0.2) is 29.2 Å². The van der Waals surface area contributed by atoms with E-state index in [-0.39, 0.29) is 41.3 Å². The summed E-state index contributed by atoms with van der Waals surface area (Å²) in [6.45, 7) is 3.12. The molecule has 2 aliphatic carbocycles. The maximum Gasteiger partial charge on any atom is 0.433 e. The molecule has 0 spiro atoms. The van der Waals surface area contributed by atoms with Gasteiger partial charge in [0, 0.05) is 24.6 Å². The smallest absolute Gasteiger partial charge is 0.433 e. The number of ketones is 1. The fraction of sp³-hybridized carbons (Fsp3) is 0.560. The van der Waals surface area contributed by atoms with Gasteiger partial charge in [-0.05, 0) is 43.9 Å². The summed E-state index contributed by atoms with van der Waals surface area (Å²) in [4.78, 5) is 46.8. The van der Waals surface area contributed by atoms with Gasteiger partial charge in [-0.15, -0.1) is 0 Å². The molecule has 1 aromatic rings. The lowest BCUT2D eigenvalue weighted by Gasteiger charge is -2.50. The van der Waals surface area contributed by atoms with E-state index in [0.29, 0.717) is 19.0 Å². The number of pyridine rings is 1. The Morgan fingerprint density at radius 1 is 1.16 bits per heavy atom. The zero-order valence-electron chi connectivity index (χ0n) is 20.9. The van der Waals surface area contributed by atoms with Crippen LogP contribution in [0.5, 0.6) is 0 Å². The van der Waals surface area contributed by atoms with E-state index in [4.69, 9.17) is 34.0 Å². The van der Waals surface area contributed by atoms with Crippen LogP contribution in [0.25, 0.3) is 0 Å². The summed E-state index contributed by atoms with van der Waals surface area (Å²) in [5.74, 6) is -3.39. The molecule has 2 saturated carbocycles. The first kappa shape index (κ1) is 29.9. The number of carbonyl (C=O) groups is 3. The molecular weight excluding hydrogens is 548 g/mol. The van der Waals surface area contributed by atoms with Crippen LogP contribution in [0, 0.1) is 11.3 Å². The van der Waals surface area contributed by atoms with E-state index in [0.717, 1.165) is 4.90 Å². The van der Waals surface area contributed by atoms with Gasteiger partial charge in [-0.3, -0.25) is 24.4 Å². The first-order valence-corrected chi connectivity index (χ1v) is 12.9. The number of carboxylic acid groups (broad SMARTS) is 1. The van der Waals surface area contributed by atoms with Crippen molar-refractivity contribution in [3.8, 4) is 0 Å². The SMILES string of the molecule is CC1(C)CC[C@@H]1N(CC(=O)c1c(Cl)cncc1Cl)C(=O)C(=CN)C(=NC1CCC(C(=O)O)CC1)C(F)(F)F. The zero-order chi connectivity index (χ0) is 28.4. The second-order valence-corrected chi connectivity index (χ2v) is 11.1. The first-order chi connectivity index (χ1) is 17.7. The molecule has 2 fully saturated rings. The van der Waals surface area contributed by atoms with Gasteiger partial charge in [-0.2, -0.15) is 13.2 Å². The molecule has 1 aromatic heterocycles. The summed E-state index contributed by atoms with van der Waals surface area (Å²) in [5, 5.41) is 9.07. The predicted octanol–water partition coefficient (Wildman–Crippen LogP) is 5.08. The van der Waals surface area contributed by atoms with E-state index < -0.39 is 65.1 Å². The van der Waals surface area contributed by atoms with E-state index in [9.17, 15) is 27.6 Å². The summed E-state index contributed by atoms with van der Waals surface area (Å²) < 4.78 is 42.7. The number of nitrogens with two attached hydrogens (primary N) is 1. The average Bonchev–Trinajstić information content (AvgIpc) is 2.82. The van der Waals surface area contributed by atoms with Gasteiger partial charge in [0.2, 0.25) is 0 Å². The number of carbonyl (C=O) groups excluding carboxylic acids is 2. The number of rotatable bonds is 8. The molecule has 38 heavy (non-hydrogen) atoms. The van der Waals surface area contributed by atoms with Crippen molar-refractivity contribution in [1.82, 2.24) is 9.88 Å². The molecule has 3 N–H and O–H groups in total. The second kappa shape index (κ2) is 11.6. The summed E-state index contributed by atoms with van der Waals surface area (Å²) in [7, 11) is 0. The highest BCUT2D eigenvalue weighted by Gasteiger charge is 2.48. The molecule has 0 unspecified atom stereocenters. The molecule has 0 aromatic carbocycles. The number of aromatic nitrogens is 1. The van der Waals surface area contributed by atoms with Crippen LogP contribution in [-0.4, -0.2) is 63.2 Å². The van der Waals surface area contributed by atoms with E-state index in [1.54, 1.807) is 0 Å². The van der Waals surface area contributed by atoms with Crippen LogP contribution in [0.1, 0.15) is 62.7 Å². The third-order valence-corrected chi connectivity index (χ3v) is 7.90. The van der Waals surface area contributed by atoms with Crippen molar-refractivity contribution in [3.63, 3.8) is 0 Å². The Balaban J connectivity index is 1.96. The normalized spacial score (nSPS) is 23.9. The highest BCUT2D eigenvalue weighted by molar-refractivity contribution is 6.39. The van der Waals surface area contributed by atoms with Gasteiger partial charge in [0.05, 0.1) is 39.7 Å². The number of Topliss-reactive ketones (excluding diaryl/α,β-unsaturated/α-hetero) is 1. The Labute approximate surface area is 228 Å². The van der Waals surface area contributed by atoms with E-state index in [1.807, 2.05) is 13.8 Å². The highest BCUT2D eigenvalue weighted by atomic mass is 35.5. The fourth-order valence-corrected chi connectivity index (χ4v) is 5.58. The van der Waals surface area contributed by atoms with Gasteiger partial charge in [0.1, 0.15) is 0 Å². The van der Waals surface area contributed by atoms with Gasteiger partial charge >= 0.3 is 12.1 Å². The molecule has 0 saturated heterocycles. The molecule has 1 atom stereocenters. The minimum Gasteiger partial charge on any atom is -0.481 e. The topological polar surface area (TPSA) is 126 Å². The Morgan fingerprint density at radius 3 is 2.16 bits per heavy atom. The molecule has 13 heteroatoms. The number of halogens is 5. The van der Waals surface area contributed by atoms with Crippen LogP contribution < -0.4 is 5.73 Å². The van der Waals surface area contributed by atoms with Gasteiger partial charge in [-0.25, -0.2) is 0 Å². The number of aliphatic carboxylic acids is 1. The average molecular weight is 577 g/mol. The van der Waals surface area contributed by atoms with Gasteiger partial charge in [0.25, 0.3) is 5.91 Å². The van der Waals surface area contributed by atoms with Gasteiger partial charge in [0.15, 0.2) is 11.5 Å². The molecule has 208 valence electrons. The van der Waals surface area contributed by atoms with Crippen LogP contribution in [-0.2, 0) is 9.59 Å². The van der Waals surface area contributed by atoms with Crippen molar-refractivity contribution in [2.45, 2.75) is 70.6 Å². The van der Waals surface area contributed by atoms with Crippen LogP contribution in [0.2, 0.25) is 10.0 Å². The third-order valence-electron chi connectivity index (χ3n) is 7.33. The minimum absolute atomic E-state index is 0.0492. The Bertz CT molecular complexity index is 1140. The van der Waals surface area contributed by atoms with Crippen molar-refractivity contribution < 1.29 is 32.7 Å². The van der Waals surface area contributed by atoms with E-state index in [1.165, 1.54) is 12.4 Å². The number of alkyl halides is 3. The predicted molar refractivity (Wildman–Crippen MR) is 136 cm³/mol. The van der Waals surface area contributed by atoms with Crippen LogP contribution >= 0.6 is 23.2 Å². The van der Waals surface area contributed by atoms with Crippen LogP contribution in [0.4, 0.5) is 13.2 Å². The van der Waals surface area contributed by atoms with Crippen molar-refractivity contribution in [2.24, 2.45) is 22.1 Å². The summed E-state index contributed by atoms with van der Waals surface area (Å²) in [5.41, 5.74) is 2.72. The monoisotopic (exact) mass is 576 g/mol. The number of hydrogen-bond acceptors (Lipinski definition) is 6. The Kier molecular flexibility index (Phi) is 9.13. The molecule has 8 nitrogen and oxygen atoms in total. The summed E-state index contributed by atoms with van der Waals surface area (Å²) >= 11 is 12.2. The van der Waals surface area contributed by atoms with Crippen molar-refractivity contribution >= 4 is 46.6 Å². The molecule has 3 rings (SSSR count). The van der Waals surface area contributed by atoms with Crippen molar-refractivity contribution in [1.29, 1.82) is 0 Å². The zero-order valence-corrected chi connectivity index (χ0v) is 22.4. The van der Waals surface area contributed by atoms with Gasteiger partial charge in [-0.1, -0.05) is 37.0 Å². The molecule has 0 aliphatic heterocycles. The second-order valence-electron chi connectivity index (χ2n) is 10.3. The quantitative estimate of drug-likeness (QED) is 0.252. The summed E-state index contributed by atoms with van der Waals surface area (Å²) in [6.07, 6.45) is -0.277. The Morgan fingerprint density at radius 2 is 1.74 bits per heavy atom. The largest absolute Gasteiger partial charge is 0.481 e. The fourth-order valence-electron chi connectivity index (χ4n) is 5.00. The molecule has 2 aliphatic rings. The molecule has 1 heterocycles. The van der Waals surface area contributed by atoms with Crippen molar-refractivity contribution in [3.05, 3.63) is 39.8 Å². The van der Waals surface area contributed by atoms with Gasteiger partial charge < -0.3 is 15.7 Å². The maximum absolute atomic E-state index is 14.2. The van der Waals surface area contributed by atoms with Crippen molar-refractivity contribution in [2.75, 3.05) is 6.54 Å². The maximum atomic E-state index is 14.2. The lowest BCUT2D eigenvalue weighted by atomic mass is 9.66. The number of nitrogens with zero attached hydrogens (tertiary/aromatic N) is 3. The number of amides is 1. The molecule has 0 bridgehead atoms. The number of aliphatic imine (C=N–C) groups is 1. The number of carboxylic acids is 1. The number of hydrogen-bond donors (Lipinski definition) is 2. The molecule has 0 radical (unpaired) electrons. The molecular formula is C25H29Cl2F3N4O4. The lowest BCUT2D eigenvalue weighted by Crippen LogP contribution is -2.57. The van der Waals surface area contributed by atoms with E-state index >= 15 is 0 Å². The van der Waals surface area contributed by atoms with Crippen LogP contribution in [0.3, 0.4) is 0 Å². The Hall–Kier alpha value is -2.66. The highest BCUT2D eigenvalue weighted by Crippen LogP contribution is 2.44. The summed E-state index contributed by atoms with van der Waals surface area (Å²) in [6, 6.07) is -1.37. The third kappa shape index (κ3) is 6.48. The van der Waals surface area contributed by atoms with E-state index in [2.05, 4.69) is 9.98 Å². The first-order valence-electron chi connectivity index (χ1n) is 12.1. The lowest BCUT2D eigenvalue weighted by molar-refractivity contribution is -0.142. The minimum atomic E-state index is -5.02. The standard InChI is InChI=1S/C25H29Cl2F3N4O4/c1-24(2)8-7-19(24)34(12-18(35)20-16(26)10-32-11-17(20)27)22(36)15(9-31)21(25(28,29)30)33-14-5-3-13(4-6-14)23(37)38/h9-11,13-14,19H,3-8,12,31H2,1-2H3,(H,37,38)/t13?,14?,19-/m0/s1. The molecule has 1 amide bonds.